The first kappa shape index (κ1) is 12.0. The summed E-state index contributed by atoms with van der Waals surface area (Å²) in [6.07, 6.45) is 2.24. The van der Waals surface area contributed by atoms with Crippen LogP contribution in [-0.4, -0.2) is 13.6 Å². The molecule has 98 valence electrons. The highest BCUT2D eigenvalue weighted by Crippen LogP contribution is 2.34. The van der Waals surface area contributed by atoms with Crippen molar-refractivity contribution in [3.8, 4) is 0 Å². The van der Waals surface area contributed by atoms with Gasteiger partial charge in [0.2, 0.25) is 0 Å². The maximum absolute atomic E-state index is 13.0. The minimum absolute atomic E-state index is 0.200. The fraction of sp³-hybridized carbons (Fsp3) is 0.250. The molecule has 0 bridgehead atoms. The van der Waals surface area contributed by atoms with E-state index in [1.54, 1.807) is 0 Å². The zero-order valence-electron chi connectivity index (χ0n) is 11.0. The molecule has 1 N–H and O–H groups in total. The molecule has 19 heavy (non-hydrogen) atoms. The Morgan fingerprint density at radius 2 is 1.89 bits per heavy atom. The summed E-state index contributed by atoms with van der Waals surface area (Å²) in [5, 5.41) is 3.43. The Hall–Kier alpha value is -2.03. The van der Waals surface area contributed by atoms with E-state index in [4.69, 9.17) is 0 Å². The van der Waals surface area contributed by atoms with Crippen LogP contribution in [0.3, 0.4) is 0 Å². The van der Waals surface area contributed by atoms with Gasteiger partial charge in [0.15, 0.2) is 0 Å². The van der Waals surface area contributed by atoms with Crippen LogP contribution in [0.4, 0.5) is 21.5 Å². The van der Waals surface area contributed by atoms with Gasteiger partial charge in [-0.25, -0.2) is 4.39 Å². The van der Waals surface area contributed by atoms with Crippen molar-refractivity contribution in [2.24, 2.45) is 0 Å². The molecule has 1 heterocycles. The second-order valence-corrected chi connectivity index (χ2v) is 4.87. The van der Waals surface area contributed by atoms with Gasteiger partial charge in [-0.2, -0.15) is 0 Å². The van der Waals surface area contributed by atoms with Crippen molar-refractivity contribution >= 4 is 17.1 Å². The van der Waals surface area contributed by atoms with Gasteiger partial charge in [-0.3, -0.25) is 0 Å². The van der Waals surface area contributed by atoms with Crippen LogP contribution in [0.2, 0.25) is 0 Å². The number of hydrogen-bond acceptors (Lipinski definition) is 2. The van der Waals surface area contributed by atoms with Gasteiger partial charge < -0.3 is 10.2 Å². The summed E-state index contributed by atoms with van der Waals surface area (Å²) in [7, 11) is 2.03. The zero-order chi connectivity index (χ0) is 13.2. The van der Waals surface area contributed by atoms with Crippen LogP contribution < -0.4 is 10.2 Å². The fourth-order valence-electron chi connectivity index (χ4n) is 2.61. The van der Waals surface area contributed by atoms with Gasteiger partial charge in [0, 0.05) is 30.7 Å². The van der Waals surface area contributed by atoms with Gasteiger partial charge in [0.1, 0.15) is 5.82 Å². The standard InChI is InChI=1S/C16H17FN2/c1-19(13-9-7-12(17)8-10-13)16-6-2-5-15-14(16)4-3-11-18-15/h2,5-10,18H,3-4,11H2,1H3. The molecular formula is C16H17FN2. The Balaban J connectivity index is 1.99. The van der Waals surface area contributed by atoms with Crippen LogP contribution in [-0.2, 0) is 6.42 Å². The Kier molecular flexibility index (Phi) is 3.11. The molecule has 3 heteroatoms. The Morgan fingerprint density at radius 1 is 1.11 bits per heavy atom. The van der Waals surface area contributed by atoms with Gasteiger partial charge in [-0.15, -0.1) is 0 Å². The quantitative estimate of drug-likeness (QED) is 0.875. The maximum atomic E-state index is 13.0. The number of rotatable bonds is 2. The number of anilines is 3. The van der Waals surface area contributed by atoms with Gasteiger partial charge in [0.05, 0.1) is 0 Å². The van der Waals surface area contributed by atoms with Crippen molar-refractivity contribution in [3.63, 3.8) is 0 Å². The third kappa shape index (κ3) is 2.28. The molecule has 1 aliphatic heterocycles. The van der Waals surface area contributed by atoms with Gasteiger partial charge >= 0.3 is 0 Å². The predicted molar refractivity (Wildman–Crippen MR) is 77.7 cm³/mol. The van der Waals surface area contributed by atoms with Gasteiger partial charge in [0.25, 0.3) is 0 Å². The summed E-state index contributed by atoms with van der Waals surface area (Å²) in [6.45, 7) is 1.04. The molecule has 0 amide bonds. The molecule has 0 saturated carbocycles. The van der Waals surface area contributed by atoms with Gasteiger partial charge in [-0.1, -0.05) is 6.07 Å². The second-order valence-electron chi connectivity index (χ2n) is 4.87. The van der Waals surface area contributed by atoms with E-state index in [-0.39, 0.29) is 5.82 Å². The molecule has 0 fully saturated rings. The molecule has 2 aromatic carbocycles. The average Bonchev–Trinajstić information content (AvgIpc) is 2.47. The van der Waals surface area contributed by atoms with E-state index in [0.717, 1.165) is 25.1 Å². The van der Waals surface area contributed by atoms with Crippen molar-refractivity contribution in [2.75, 3.05) is 23.8 Å². The minimum Gasteiger partial charge on any atom is -0.385 e. The van der Waals surface area contributed by atoms with Crippen molar-refractivity contribution < 1.29 is 4.39 Å². The SMILES string of the molecule is CN(c1ccc(F)cc1)c1cccc2c1CCCN2. The highest BCUT2D eigenvalue weighted by molar-refractivity contribution is 5.73. The van der Waals surface area contributed by atoms with E-state index in [1.165, 1.54) is 29.1 Å². The first-order valence-electron chi connectivity index (χ1n) is 6.61. The lowest BCUT2D eigenvalue weighted by molar-refractivity contribution is 0.628. The first-order chi connectivity index (χ1) is 9.25. The zero-order valence-corrected chi connectivity index (χ0v) is 11.0. The Morgan fingerprint density at radius 3 is 2.68 bits per heavy atom. The average molecular weight is 256 g/mol. The largest absolute Gasteiger partial charge is 0.385 e. The molecule has 0 atom stereocenters. The Bertz CT molecular complexity index is 578. The molecule has 2 nitrogen and oxygen atoms in total. The van der Waals surface area contributed by atoms with Crippen LogP contribution in [0, 0.1) is 5.82 Å². The molecule has 0 spiro atoms. The number of hydrogen-bond donors (Lipinski definition) is 1. The van der Waals surface area contributed by atoms with Crippen LogP contribution in [0.5, 0.6) is 0 Å². The molecule has 1 aliphatic rings. The normalized spacial score (nSPS) is 13.6. The number of benzene rings is 2. The van der Waals surface area contributed by atoms with E-state index < -0.39 is 0 Å². The smallest absolute Gasteiger partial charge is 0.123 e. The highest BCUT2D eigenvalue weighted by atomic mass is 19.1. The van der Waals surface area contributed by atoms with Crippen LogP contribution in [0.25, 0.3) is 0 Å². The highest BCUT2D eigenvalue weighted by Gasteiger charge is 2.15. The molecule has 0 aromatic heterocycles. The van der Waals surface area contributed by atoms with Crippen LogP contribution in [0.1, 0.15) is 12.0 Å². The predicted octanol–water partition coefficient (Wildman–Crippen LogP) is 3.95. The number of fused-ring (bicyclic) bond motifs is 1. The Labute approximate surface area is 112 Å². The lowest BCUT2D eigenvalue weighted by Crippen LogP contribution is -2.17. The molecular weight excluding hydrogens is 239 g/mol. The second kappa shape index (κ2) is 4.92. The van der Waals surface area contributed by atoms with Crippen molar-refractivity contribution in [1.82, 2.24) is 0 Å². The van der Waals surface area contributed by atoms with E-state index in [9.17, 15) is 4.39 Å². The molecule has 0 radical (unpaired) electrons. The summed E-state index contributed by atoms with van der Waals surface area (Å²) >= 11 is 0. The van der Waals surface area contributed by atoms with E-state index >= 15 is 0 Å². The van der Waals surface area contributed by atoms with E-state index in [0.29, 0.717) is 0 Å². The fourth-order valence-corrected chi connectivity index (χ4v) is 2.61. The van der Waals surface area contributed by atoms with E-state index in [1.807, 2.05) is 19.2 Å². The summed E-state index contributed by atoms with van der Waals surface area (Å²) in [4.78, 5) is 2.12. The van der Waals surface area contributed by atoms with Crippen molar-refractivity contribution in [1.29, 1.82) is 0 Å². The third-order valence-electron chi connectivity index (χ3n) is 3.65. The van der Waals surface area contributed by atoms with Gasteiger partial charge in [-0.05, 0) is 54.8 Å². The maximum Gasteiger partial charge on any atom is 0.123 e. The summed E-state index contributed by atoms with van der Waals surface area (Å²) in [6, 6.07) is 12.9. The number of halogens is 1. The monoisotopic (exact) mass is 256 g/mol. The molecule has 0 aliphatic carbocycles. The number of nitrogens with one attached hydrogen (secondary N) is 1. The molecule has 2 aromatic rings. The number of nitrogens with zero attached hydrogens (tertiary/aromatic N) is 1. The lowest BCUT2D eigenvalue weighted by atomic mass is 10.0. The molecule has 3 rings (SSSR count). The topological polar surface area (TPSA) is 15.3 Å². The first-order valence-corrected chi connectivity index (χ1v) is 6.61. The third-order valence-corrected chi connectivity index (χ3v) is 3.65. The van der Waals surface area contributed by atoms with Crippen molar-refractivity contribution in [2.45, 2.75) is 12.8 Å². The van der Waals surface area contributed by atoms with Crippen molar-refractivity contribution in [3.05, 3.63) is 53.8 Å². The summed E-state index contributed by atoms with van der Waals surface area (Å²) in [5.41, 5.74) is 4.76. The molecule has 0 unspecified atom stereocenters. The summed E-state index contributed by atoms with van der Waals surface area (Å²) < 4.78 is 13.0. The molecule has 0 saturated heterocycles. The van der Waals surface area contributed by atoms with Crippen LogP contribution >= 0.6 is 0 Å². The van der Waals surface area contributed by atoms with E-state index in [2.05, 4.69) is 28.4 Å². The van der Waals surface area contributed by atoms with Crippen LogP contribution in [0.15, 0.2) is 42.5 Å². The minimum atomic E-state index is -0.200. The summed E-state index contributed by atoms with van der Waals surface area (Å²) in [5.74, 6) is -0.200. The lowest BCUT2D eigenvalue weighted by Gasteiger charge is -2.27.